The number of benzene rings is 1. The van der Waals surface area contributed by atoms with E-state index in [1.807, 2.05) is 32.9 Å². The van der Waals surface area contributed by atoms with E-state index in [4.69, 9.17) is 0 Å². The SMILES string of the molecule is Cc1cc(C)c(C(=O)CNC(=O)C2CC2)c(C)c1. The molecule has 0 bridgehead atoms. The maximum Gasteiger partial charge on any atom is 0.223 e. The summed E-state index contributed by atoms with van der Waals surface area (Å²) in [5, 5.41) is 2.72. The largest absolute Gasteiger partial charge is 0.348 e. The molecule has 18 heavy (non-hydrogen) atoms. The van der Waals surface area contributed by atoms with Gasteiger partial charge in [-0.3, -0.25) is 9.59 Å². The highest BCUT2D eigenvalue weighted by molar-refractivity contribution is 6.02. The molecule has 1 aromatic carbocycles. The zero-order valence-corrected chi connectivity index (χ0v) is 11.2. The van der Waals surface area contributed by atoms with E-state index in [0.29, 0.717) is 0 Å². The topological polar surface area (TPSA) is 46.2 Å². The van der Waals surface area contributed by atoms with Gasteiger partial charge < -0.3 is 5.32 Å². The smallest absolute Gasteiger partial charge is 0.223 e. The van der Waals surface area contributed by atoms with E-state index in [1.165, 1.54) is 0 Å². The fraction of sp³-hybridized carbons (Fsp3) is 0.467. The molecule has 0 aromatic heterocycles. The highest BCUT2D eigenvalue weighted by Gasteiger charge is 2.29. The van der Waals surface area contributed by atoms with Gasteiger partial charge in [0.25, 0.3) is 0 Å². The van der Waals surface area contributed by atoms with Crippen molar-refractivity contribution < 1.29 is 9.59 Å². The average Bonchev–Trinajstić information content (AvgIpc) is 3.07. The Morgan fingerprint density at radius 2 is 1.72 bits per heavy atom. The quantitative estimate of drug-likeness (QED) is 0.827. The van der Waals surface area contributed by atoms with Gasteiger partial charge in [0.05, 0.1) is 6.54 Å². The number of amides is 1. The Balaban J connectivity index is 2.06. The molecule has 1 aromatic rings. The number of carbonyl (C=O) groups excluding carboxylic acids is 2. The lowest BCUT2D eigenvalue weighted by atomic mass is 9.96. The van der Waals surface area contributed by atoms with Crippen molar-refractivity contribution in [1.29, 1.82) is 0 Å². The third-order valence-electron chi connectivity index (χ3n) is 3.33. The predicted octanol–water partition coefficient (Wildman–Crippen LogP) is 2.32. The van der Waals surface area contributed by atoms with Crippen molar-refractivity contribution in [3.05, 3.63) is 34.4 Å². The first-order chi connectivity index (χ1) is 8.49. The normalized spacial score (nSPS) is 14.4. The Bertz CT molecular complexity index is 478. The summed E-state index contributed by atoms with van der Waals surface area (Å²) in [6.45, 7) is 6.01. The molecule has 3 nitrogen and oxygen atoms in total. The van der Waals surface area contributed by atoms with Crippen molar-refractivity contribution >= 4 is 11.7 Å². The first-order valence-corrected chi connectivity index (χ1v) is 6.38. The van der Waals surface area contributed by atoms with Crippen LogP contribution in [0.15, 0.2) is 12.1 Å². The summed E-state index contributed by atoms with van der Waals surface area (Å²) < 4.78 is 0. The molecule has 1 aliphatic carbocycles. The molecule has 0 atom stereocenters. The van der Waals surface area contributed by atoms with Crippen LogP contribution < -0.4 is 5.32 Å². The standard InChI is InChI=1S/C15H19NO2/c1-9-6-10(2)14(11(3)7-9)13(17)8-16-15(18)12-4-5-12/h6-7,12H,4-5,8H2,1-3H3,(H,16,18). The Hall–Kier alpha value is -1.64. The molecule has 0 unspecified atom stereocenters. The van der Waals surface area contributed by atoms with Crippen LogP contribution in [-0.2, 0) is 4.79 Å². The molecule has 1 fully saturated rings. The highest BCUT2D eigenvalue weighted by atomic mass is 16.2. The minimum Gasteiger partial charge on any atom is -0.348 e. The predicted molar refractivity (Wildman–Crippen MR) is 70.7 cm³/mol. The first kappa shape index (κ1) is 12.8. The Kier molecular flexibility index (Phi) is 3.50. The number of aryl methyl sites for hydroxylation is 3. The highest BCUT2D eigenvalue weighted by Crippen LogP contribution is 2.28. The molecule has 2 rings (SSSR count). The number of hydrogen-bond donors (Lipinski definition) is 1. The lowest BCUT2D eigenvalue weighted by Crippen LogP contribution is -2.31. The van der Waals surface area contributed by atoms with E-state index in [9.17, 15) is 9.59 Å². The molecular formula is C15H19NO2. The van der Waals surface area contributed by atoms with Crippen LogP contribution in [0.25, 0.3) is 0 Å². The van der Waals surface area contributed by atoms with Gasteiger partial charge in [0.15, 0.2) is 5.78 Å². The van der Waals surface area contributed by atoms with Crippen molar-refractivity contribution in [3.63, 3.8) is 0 Å². The van der Waals surface area contributed by atoms with Crippen LogP contribution >= 0.6 is 0 Å². The second kappa shape index (κ2) is 4.92. The van der Waals surface area contributed by atoms with E-state index in [-0.39, 0.29) is 24.2 Å². The Labute approximate surface area is 108 Å². The fourth-order valence-electron chi connectivity index (χ4n) is 2.37. The van der Waals surface area contributed by atoms with E-state index in [0.717, 1.165) is 35.1 Å². The van der Waals surface area contributed by atoms with Crippen LogP contribution in [0.2, 0.25) is 0 Å². The lowest BCUT2D eigenvalue weighted by molar-refractivity contribution is -0.122. The molecule has 0 saturated heterocycles. The minimum absolute atomic E-state index is 0.000926. The van der Waals surface area contributed by atoms with Crippen LogP contribution in [-0.4, -0.2) is 18.2 Å². The molecular weight excluding hydrogens is 226 g/mol. The molecule has 1 amide bonds. The van der Waals surface area contributed by atoms with Gasteiger partial charge in [0.1, 0.15) is 0 Å². The van der Waals surface area contributed by atoms with Crippen molar-refractivity contribution in [2.75, 3.05) is 6.54 Å². The fourth-order valence-corrected chi connectivity index (χ4v) is 2.37. The van der Waals surface area contributed by atoms with Gasteiger partial charge in [-0.05, 0) is 44.7 Å². The summed E-state index contributed by atoms with van der Waals surface area (Å²) in [5.41, 5.74) is 3.87. The molecule has 1 N–H and O–H groups in total. The maximum absolute atomic E-state index is 12.1. The minimum atomic E-state index is -0.000926. The maximum atomic E-state index is 12.1. The average molecular weight is 245 g/mol. The van der Waals surface area contributed by atoms with Crippen molar-refractivity contribution in [2.45, 2.75) is 33.6 Å². The van der Waals surface area contributed by atoms with Gasteiger partial charge >= 0.3 is 0 Å². The number of ketones is 1. The van der Waals surface area contributed by atoms with E-state index < -0.39 is 0 Å². The number of rotatable bonds is 4. The zero-order valence-electron chi connectivity index (χ0n) is 11.2. The summed E-state index contributed by atoms with van der Waals surface area (Å²) >= 11 is 0. The molecule has 1 saturated carbocycles. The molecule has 0 spiro atoms. The summed E-state index contributed by atoms with van der Waals surface area (Å²) in [4.78, 5) is 23.6. The van der Waals surface area contributed by atoms with Crippen LogP contribution in [0.3, 0.4) is 0 Å². The van der Waals surface area contributed by atoms with Gasteiger partial charge in [-0.15, -0.1) is 0 Å². The Morgan fingerprint density at radius 1 is 1.17 bits per heavy atom. The number of hydrogen-bond acceptors (Lipinski definition) is 2. The van der Waals surface area contributed by atoms with E-state index >= 15 is 0 Å². The summed E-state index contributed by atoms with van der Waals surface area (Å²) in [7, 11) is 0. The lowest BCUT2D eigenvalue weighted by Gasteiger charge is -2.11. The zero-order chi connectivity index (χ0) is 13.3. The first-order valence-electron chi connectivity index (χ1n) is 6.38. The number of carbonyl (C=O) groups is 2. The second-order valence-corrected chi connectivity index (χ2v) is 5.19. The van der Waals surface area contributed by atoms with Gasteiger partial charge in [-0.25, -0.2) is 0 Å². The van der Waals surface area contributed by atoms with Crippen molar-refractivity contribution in [2.24, 2.45) is 5.92 Å². The molecule has 3 heteroatoms. The Morgan fingerprint density at radius 3 is 2.22 bits per heavy atom. The van der Waals surface area contributed by atoms with Crippen LogP contribution in [0.5, 0.6) is 0 Å². The van der Waals surface area contributed by atoms with Crippen molar-refractivity contribution in [3.8, 4) is 0 Å². The van der Waals surface area contributed by atoms with Gasteiger partial charge in [-0.2, -0.15) is 0 Å². The van der Waals surface area contributed by atoms with E-state index in [1.54, 1.807) is 0 Å². The molecule has 96 valence electrons. The van der Waals surface area contributed by atoms with Gasteiger partial charge in [0, 0.05) is 11.5 Å². The van der Waals surface area contributed by atoms with Crippen molar-refractivity contribution in [1.82, 2.24) is 5.32 Å². The second-order valence-electron chi connectivity index (χ2n) is 5.19. The molecule has 0 radical (unpaired) electrons. The van der Waals surface area contributed by atoms with Gasteiger partial charge in [-0.1, -0.05) is 17.7 Å². The molecule has 0 aliphatic heterocycles. The summed E-state index contributed by atoms with van der Waals surface area (Å²) in [6.07, 6.45) is 1.92. The van der Waals surface area contributed by atoms with Gasteiger partial charge in [0.2, 0.25) is 5.91 Å². The molecule has 0 heterocycles. The van der Waals surface area contributed by atoms with E-state index in [2.05, 4.69) is 5.32 Å². The summed E-state index contributed by atoms with van der Waals surface area (Å²) in [6, 6.07) is 4.01. The van der Waals surface area contributed by atoms with Crippen LogP contribution in [0, 0.1) is 26.7 Å². The van der Waals surface area contributed by atoms with Crippen LogP contribution in [0.4, 0.5) is 0 Å². The number of Topliss-reactive ketones (excluding diaryl/α,β-unsaturated/α-hetero) is 1. The third kappa shape index (κ3) is 2.78. The molecule has 1 aliphatic rings. The monoisotopic (exact) mass is 245 g/mol. The number of nitrogens with one attached hydrogen (secondary N) is 1. The third-order valence-corrected chi connectivity index (χ3v) is 3.33. The van der Waals surface area contributed by atoms with Crippen LogP contribution in [0.1, 0.15) is 39.9 Å². The summed E-state index contributed by atoms with van der Waals surface area (Å²) in [5.74, 6) is 0.169.